The first kappa shape index (κ1) is 17.7. The lowest BCUT2D eigenvalue weighted by atomic mass is 10.0. The summed E-state index contributed by atoms with van der Waals surface area (Å²) in [5.41, 5.74) is 2.30. The lowest BCUT2D eigenvalue weighted by Crippen LogP contribution is -2.48. The van der Waals surface area contributed by atoms with Crippen LogP contribution in [0.1, 0.15) is 10.4 Å². The highest BCUT2D eigenvalue weighted by Gasteiger charge is 2.33. The third kappa shape index (κ3) is 4.86. The molecular weight excluding hydrogens is 298 g/mol. The van der Waals surface area contributed by atoms with Gasteiger partial charge < -0.3 is 25.5 Å². The lowest BCUT2D eigenvalue weighted by molar-refractivity contribution is -0.160. The Hall–Kier alpha value is -2.40. The average molecular weight is 313 g/mol. The summed E-state index contributed by atoms with van der Waals surface area (Å²) >= 11 is 0. The van der Waals surface area contributed by atoms with Crippen LogP contribution in [0.2, 0.25) is 0 Å². The van der Waals surface area contributed by atoms with Crippen LogP contribution in [-0.4, -0.2) is 73.0 Å². The van der Waals surface area contributed by atoms with Gasteiger partial charge in [0.15, 0.2) is 6.10 Å². The van der Waals surface area contributed by atoms with E-state index in [0.29, 0.717) is 6.21 Å². The molecule has 0 aliphatic rings. The second kappa shape index (κ2) is 8.14. The number of carbonyl (C=O) groups excluding carboxylic acids is 1. The van der Waals surface area contributed by atoms with Crippen molar-refractivity contribution in [2.75, 3.05) is 0 Å². The molecule has 0 aromatic carbocycles. The fraction of sp³-hybridized carbons (Fsp3) is 0.333. The van der Waals surface area contributed by atoms with Crippen LogP contribution < -0.4 is 5.43 Å². The van der Waals surface area contributed by atoms with Gasteiger partial charge in [-0.3, -0.25) is 9.78 Å². The monoisotopic (exact) mass is 313 g/mol. The second-order valence-electron chi connectivity index (χ2n) is 4.21. The van der Waals surface area contributed by atoms with Gasteiger partial charge in [-0.1, -0.05) is 0 Å². The summed E-state index contributed by atoms with van der Waals surface area (Å²) in [7, 11) is 0. The van der Waals surface area contributed by atoms with Crippen LogP contribution in [-0.2, 0) is 4.79 Å². The number of nitrogens with zero attached hydrogens (tertiary/aromatic N) is 2. The molecule has 1 rings (SSSR count). The van der Waals surface area contributed by atoms with Gasteiger partial charge in [-0.15, -0.1) is 0 Å². The molecule has 1 heterocycles. The van der Waals surface area contributed by atoms with Crippen molar-refractivity contribution in [2.45, 2.75) is 24.4 Å². The summed E-state index contributed by atoms with van der Waals surface area (Å²) in [5.74, 6) is -2.37. The van der Waals surface area contributed by atoms with Gasteiger partial charge in [0, 0.05) is 18.0 Å². The van der Waals surface area contributed by atoms with Gasteiger partial charge in [-0.2, -0.15) is 5.10 Å². The minimum atomic E-state index is -2.27. The molecule has 0 saturated heterocycles. The van der Waals surface area contributed by atoms with E-state index in [2.05, 4.69) is 10.1 Å². The standard InChI is InChI=1S/C12H15N3O7/c16-7(8(17)9(18)10(19)12(21)22)5-14-15-11(20)6-1-3-13-4-2-6/h1-5,7-10,16-19H,(H,15,20)(H,21,22)/b14-5-/t7-,8-,9-,10-/m0/s1. The number of aromatic nitrogens is 1. The summed E-state index contributed by atoms with van der Waals surface area (Å²) in [6.07, 6.45) is -4.75. The minimum Gasteiger partial charge on any atom is -0.479 e. The van der Waals surface area contributed by atoms with Gasteiger partial charge in [-0.05, 0) is 12.1 Å². The van der Waals surface area contributed by atoms with Crippen LogP contribution in [0.4, 0.5) is 0 Å². The number of carbonyl (C=O) groups is 2. The zero-order chi connectivity index (χ0) is 16.7. The van der Waals surface area contributed by atoms with Gasteiger partial charge in [0.05, 0.1) is 6.21 Å². The molecule has 0 bridgehead atoms. The molecule has 1 aromatic heterocycles. The van der Waals surface area contributed by atoms with Gasteiger partial charge >= 0.3 is 5.97 Å². The van der Waals surface area contributed by atoms with Crippen LogP contribution in [0.5, 0.6) is 0 Å². The molecule has 10 nitrogen and oxygen atoms in total. The van der Waals surface area contributed by atoms with E-state index >= 15 is 0 Å². The van der Waals surface area contributed by atoms with Gasteiger partial charge in [0.2, 0.25) is 0 Å². The van der Waals surface area contributed by atoms with Crippen LogP contribution in [0, 0.1) is 0 Å². The van der Waals surface area contributed by atoms with Crippen molar-refractivity contribution in [1.29, 1.82) is 0 Å². The first-order chi connectivity index (χ1) is 10.3. The largest absolute Gasteiger partial charge is 0.479 e. The van der Waals surface area contributed by atoms with E-state index < -0.39 is 36.3 Å². The quantitative estimate of drug-likeness (QED) is 0.233. The maximum absolute atomic E-state index is 11.6. The Balaban J connectivity index is 2.55. The number of amides is 1. The molecule has 4 atom stereocenters. The lowest BCUT2D eigenvalue weighted by Gasteiger charge is -2.22. The van der Waals surface area contributed by atoms with E-state index in [1.54, 1.807) is 0 Å². The van der Waals surface area contributed by atoms with Crippen molar-refractivity contribution in [3.8, 4) is 0 Å². The molecule has 0 spiro atoms. The number of pyridine rings is 1. The topological polar surface area (TPSA) is 173 Å². The van der Waals surface area contributed by atoms with E-state index in [-0.39, 0.29) is 5.56 Å². The van der Waals surface area contributed by atoms with Gasteiger partial charge in [0.25, 0.3) is 5.91 Å². The SMILES string of the molecule is O=C(N/N=C\[C@H](O)[C@H](O)[C@H](O)[C@H](O)C(=O)O)c1ccncc1. The Morgan fingerprint density at radius 1 is 1.14 bits per heavy atom. The number of rotatable bonds is 7. The molecule has 10 heteroatoms. The zero-order valence-corrected chi connectivity index (χ0v) is 11.1. The maximum atomic E-state index is 11.6. The molecule has 0 saturated carbocycles. The second-order valence-corrected chi connectivity index (χ2v) is 4.21. The molecule has 22 heavy (non-hydrogen) atoms. The fourth-order valence-electron chi connectivity index (χ4n) is 1.36. The van der Waals surface area contributed by atoms with Gasteiger partial charge in [-0.25, -0.2) is 10.2 Å². The Labute approximate surface area is 124 Å². The zero-order valence-electron chi connectivity index (χ0n) is 11.1. The molecule has 1 amide bonds. The molecule has 0 fully saturated rings. The van der Waals surface area contributed by atoms with E-state index in [0.717, 1.165) is 0 Å². The average Bonchev–Trinajstić information content (AvgIpc) is 2.53. The van der Waals surface area contributed by atoms with E-state index in [9.17, 15) is 24.9 Å². The number of hydrazone groups is 1. The molecule has 0 aliphatic heterocycles. The Kier molecular flexibility index (Phi) is 6.53. The molecule has 6 N–H and O–H groups in total. The van der Waals surface area contributed by atoms with Crippen LogP contribution in [0.15, 0.2) is 29.6 Å². The predicted octanol–water partition coefficient (Wildman–Crippen LogP) is -2.67. The van der Waals surface area contributed by atoms with Crippen LogP contribution >= 0.6 is 0 Å². The van der Waals surface area contributed by atoms with Crippen molar-refractivity contribution in [3.05, 3.63) is 30.1 Å². The minimum absolute atomic E-state index is 0.253. The van der Waals surface area contributed by atoms with E-state index in [1.807, 2.05) is 5.43 Å². The Bertz CT molecular complexity index is 537. The number of nitrogens with one attached hydrogen (secondary N) is 1. The van der Waals surface area contributed by atoms with Crippen LogP contribution in [0.3, 0.4) is 0 Å². The highest BCUT2D eigenvalue weighted by atomic mass is 16.4. The van der Waals surface area contributed by atoms with Crippen molar-refractivity contribution < 1.29 is 35.1 Å². The number of aliphatic carboxylic acids is 1. The highest BCUT2D eigenvalue weighted by molar-refractivity contribution is 5.94. The maximum Gasteiger partial charge on any atom is 0.335 e. The summed E-state index contributed by atoms with van der Waals surface area (Å²) in [6, 6.07) is 2.84. The molecule has 0 unspecified atom stereocenters. The number of hydrogen-bond acceptors (Lipinski definition) is 8. The van der Waals surface area contributed by atoms with Crippen molar-refractivity contribution in [1.82, 2.24) is 10.4 Å². The molecule has 0 radical (unpaired) electrons. The Morgan fingerprint density at radius 2 is 1.73 bits per heavy atom. The third-order valence-corrected chi connectivity index (χ3v) is 2.61. The summed E-state index contributed by atoms with van der Waals surface area (Å²) in [4.78, 5) is 25.7. The number of carboxylic acids is 1. The highest BCUT2D eigenvalue weighted by Crippen LogP contribution is 2.04. The summed E-state index contributed by atoms with van der Waals surface area (Å²) in [5, 5.41) is 49.1. The van der Waals surface area contributed by atoms with Gasteiger partial charge in [0.1, 0.15) is 18.3 Å². The summed E-state index contributed by atoms with van der Waals surface area (Å²) in [6.45, 7) is 0. The number of aliphatic hydroxyl groups is 4. The molecule has 1 aromatic rings. The fourth-order valence-corrected chi connectivity index (χ4v) is 1.36. The molecule has 0 aliphatic carbocycles. The summed E-state index contributed by atoms with van der Waals surface area (Å²) < 4.78 is 0. The number of carboxylic acid groups (broad SMARTS) is 1. The first-order valence-corrected chi connectivity index (χ1v) is 6.03. The first-order valence-electron chi connectivity index (χ1n) is 6.03. The third-order valence-electron chi connectivity index (χ3n) is 2.61. The van der Waals surface area contributed by atoms with E-state index in [4.69, 9.17) is 10.2 Å². The predicted molar refractivity (Wildman–Crippen MR) is 71.9 cm³/mol. The molecule has 120 valence electrons. The number of aliphatic hydroxyl groups excluding tert-OH is 4. The van der Waals surface area contributed by atoms with Crippen molar-refractivity contribution in [3.63, 3.8) is 0 Å². The van der Waals surface area contributed by atoms with Crippen molar-refractivity contribution in [2.24, 2.45) is 5.10 Å². The van der Waals surface area contributed by atoms with Crippen LogP contribution in [0.25, 0.3) is 0 Å². The Morgan fingerprint density at radius 3 is 2.27 bits per heavy atom. The van der Waals surface area contributed by atoms with Crippen molar-refractivity contribution >= 4 is 18.1 Å². The van der Waals surface area contributed by atoms with E-state index in [1.165, 1.54) is 24.5 Å². The molecular formula is C12H15N3O7. The smallest absolute Gasteiger partial charge is 0.335 e. The normalized spacial score (nSPS) is 16.7. The number of hydrogen-bond donors (Lipinski definition) is 6.